The lowest BCUT2D eigenvalue weighted by molar-refractivity contribution is 0.0649. The maximum atomic E-state index is 12.6. The van der Waals surface area contributed by atoms with Crippen LogP contribution in [0.5, 0.6) is 0 Å². The lowest BCUT2D eigenvalue weighted by Crippen LogP contribution is -2.47. The van der Waals surface area contributed by atoms with Gasteiger partial charge in [0.2, 0.25) is 0 Å². The smallest absolute Gasteiger partial charge is 0.177 e. The monoisotopic (exact) mass is 273 g/mol. The number of piperidine rings is 1. The van der Waals surface area contributed by atoms with Gasteiger partial charge in [0.15, 0.2) is 5.78 Å². The number of ketones is 1. The van der Waals surface area contributed by atoms with Crippen LogP contribution < -0.4 is 0 Å². The molecule has 0 aromatic heterocycles. The first-order valence-electron chi connectivity index (χ1n) is 7.73. The van der Waals surface area contributed by atoms with Crippen molar-refractivity contribution in [3.05, 3.63) is 34.9 Å². The molecule has 2 nitrogen and oxygen atoms in total. The van der Waals surface area contributed by atoms with Crippen LogP contribution in [-0.2, 0) is 0 Å². The molecule has 0 radical (unpaired) electrons. The summed E-state index contributed by atoms with van der Waals surface area (Å²) in [6.07, 6.45) is 1.27. The quantitative estimate of drug-likeness (QED) is 0.780. The van der Waals surface area contributed by atoms with Crippen molar-refractivity contribution in [2.75, 3.05) is 13.1 Å². The fourth-order valence-electron chi connectivity index (χ4n) is 3.44. The fraction of sp³-hybridized carbons (Fsp3) is 0.611. The van der Waals surface area contributed by atoms with E-state index in [1.54, 1.807) is 0 Å². The summed E-state index contributed by atoms with van der Waals surface area (Å²) >= 11 is 0. The lowest BCUT2D eigenvalue weighted by Gasteiger charge is -2.40. The summed E-state index contributed by atoms with van der Waals surface area (Å²) in [6, 6.07) is 6.61. The van der Waals surface area contributed by atoms with Crippen molar-refractivity contribution in [2.45, 2.75) is 47.1 Å². The van der Waals surface area contributed by atoms with E-state index in [4.69, 9.17) is 0 Å². The van der Waals surface area contributed by atoms with Crippen LogP contribution in [0.15, 0.2) is 18.2 Å². The molecule has 2 heteroatoms. The van der Waals surface area contributed by atoms with E-state index in [9.17, 15) is 4.79 Å². The summed E-state index contributed by atoms with van der Waals surface area (Å²) in [5.74, 6) is 1.62. The molecule has 20 heavy (non-hydrogen) atoms. The molecule has 1 saturated heterocycles. The zero-order valence-corrected chi connectivity index (χ0v) is 13.4. The number of rotatable bonds is 3. The van der Waals surface area contributed by atoms with Gasteiger partial charge in [-0.15, -0.1) is 0 Å². The lowest BCUT2D eigenvalue weighted by atomic mass is 9.85. The minimum Gasteiger partial charge on any atom is -0.293 e. The average Bonchev–Trinajstić information content (AvgIpc) is 2.35. The molecule has 0 aliphatic carbocycles. The van der Waals surface area contributed by atoms with E-state index in [1.165, 1.54) is 12.0 Å². The van der Waals surface area contributed by atoms with Crippen molar-refractivity contribution in [1.82, 2.24) is 4.90 Å². The highest BCUT2D eigenvalue weighted by molar-refractivity contribution is 5.99. The Morgan fingerprint density at radius 3 is 2.60 bits per heavy atom. The van der Waals surface area contributed by atoms with Gasteiger partial charge >= 0.3 is 0 Å². The molecule has 3 unspecified atom stereocenters. The van der Waals surface area contributed by atoms with Crippen LogP contribution in [-0.4, -0.2) is 29.8 Å². The van der Waals surface area contributed by atoms with Gasteiger partial charge in [0.05, 0.1) is 6.54 Å². The van der Waals surface area contributed by atoms with Crippen LogP contribution in [0.2, 0.25) is 0 Å². The Hall–Kier alpha value is -1.15. The normalized spacial score (nSPS) is 27.6. The Kier molecular flexibility index (Phi) is 4.64. The van der Waals surface area contributed by atoms with E-state index >= 15 is 0 Å². The van der Waals surface area contributed by atoms with E-state index in [0.29, 0.717) is 24.4 Å². The Bertz CT molecular complexity index is 494. The summed E-state index contributed by atoms with van der Waals surface area (Å²) in [4.78, 5) is 14.9. The highest BCUT2D eigenvalue weighted by Crippen LogP contribution is 2.27. The molecule has 1 aliphatic heterocycles. The second-order valence-corrected chi connectivity index (χ2v) is 6.73. The molecule has 0 N–H and O–H groups in total. The third-order valence-corrected chi connectivity index (χ3v) is 4.75. The van der Waals surface area contributed by atoms with Crippen LogP contribution >= 0.6 is 0 Å². The standard InChI is InChI=1S/C18H27NO/c1-12-6-7-17(15(4)8-12)18(20)11-19-10-13(2)9-14(3)16(19)5/h6-8,13-14,16H,9-11H2,1-5H3. The van der Waals surface area contributed by atoms with E-state index < -0.39 is 0 Å². The molecule has 0 spiro atoms. The molecule has 3 atom stereocenters. The Morgan fingerprint density at radius 1 is 1.25 bits per heavy atom. The van der Waals surface area contributed by atoms with Crippen molar-refractivity contribution in [1.29, 1.82) is 0 Å². The third-order valence-electron chi connectivity index (χ3n) is 4.75. The Labute approximate surface area is 123 Å². The molecule has 110 valence electrons. The first kappa shape index (κ1) is 15.2. The number of hydrogen-bond donors (Lipinski definition) is 0. The van der Waals surface area contributed by atoms with Crippen LogP contribution in [0.25, 0.3) is 0 Å². The van der Waals surface area contributed by atoms with Crippen molar-refractivity contribution in [2.24, 2.45) is 11.8 Å². The highest BCUT2D eigenvalue weighted by Gasteiger charge is 2.30. The fourth-order valence-corrected chi connectivity index (χ4v) is 3.44. The van der Waals surface area contributed by atoms with Crippen molar-refractivity contribution >= 4 is 5.78 Å². The maximum Gasteiger partial charge on any atom is 0.177 e. The van der Waals surface area contributed by atoms with E-state index in [0.717, 1.165) is 17.7 Å². The first-order chi connectivity index (χ1) is 9.38. The van der Waals surface area contributed by atoms with Gasteiger partial charge < -0.3 is 0 Å². The second-order valence-electron chi connectivity index (χ2n) is 6.73. The van der Waals surface area contributed by atoms with Crippen LogP contribution in [0, 0.1) is 25.7 Å². The predicted octanol–water partition coefficient (Wildman–Crippen LogP) is 3.85. The van der Waals surface area contributed by atoms with Gasteiger partial charge in [-0.2, -0.15) is 0 Å². The molecule has 1 fully saturated rings. The van der Waals surface area contributed by atoms with Gasteiger partial charge in [0.25, 0.3) is 0 Å². The van der Waals surface area contributed by atoms with Gasteiger partial charge in [-0.3, -0.25) is 9.69 Å². The van der Waals surface area contributed by atoms with Crippen molar-refractivity contribution < 1.29 is 4.79 Å². The number of carbonyl (C=O) groups is 1. The summed E-state index contributed by atoms with van der Waals surface area (Å²) in [7, 11) is 0. The number of aryl methyl sites for hydroxylation is 2. The van der Waals surface area contributed by atoms with Crippen LogP contribution in [0.1, 0.15) is 48.7 Å². The van der Waals surface area contributed by atoms with Gasteiger partial charge in [-0.05, 0) is 44.6 Å². The topological polar surface area (TPSA) is 20.3 Å². The highest BCUT2D eigenvalue weighted by atomic mass is 16.1. The minimum absolute atomic E-state index is 0.260. The van der Waals surface area contributed by atoms with Crippen LogP contribution in [0.4, 0.5) is 0 Å². The SMILES string of the molecule is Cc1ccc(C(=O)CN2CC(C)CC(C)C2C)c(C)c1. The zero-order chi connectivity index (χ0) is 14.9. The number of carbonyl (C=O) groups excluding carboxylic acids is 1. The van der Waals surface area contributed by atoms with E-state index in [-0.39, 0.29) is 5.78 Å². The molecular formula is C18H27NO. The Morgan fingerprint density at radius 2 is 1.95 bits per heavy atom. The molecule has 1 heterocycles. The molecule has 1 aromatic carbocycles. The second kappa shape index (κ2) is 6.09. The average molecular weight is 273 g/mol. The number of benzene rings is 1. The largest absolute Gasteiger partial charge is 0.293 e. The van der Waals surface area contributed by atoms with Crippen LogP contribution in [0.3, 0.4) is 0 Å². The van der Waals surface area contributed by atoms with E-state index in [2.05, 4.69) is 38.7 Å². The maximum absolute atomic E-state index is 12.6. The number of Topliss-reactive ketones (excluding diaryl/α,β-unsaturated/α-hetero) is 1. The van der Waals surface area contributed by atoms with Gasteiger partial charge in [-0.25, -0.2) is 0 Å². The van der Waals surface area contributed by atoms with Crippen molar-refractivity contribution in [3.8, 4) is 0 Å². The van der Waals surface area contributed by atoms with Crippen molar-refractivity contribution in [3.63, 3.8) is 0 Å². The summed E-state index contributed by atoms with van der Waals surface area (Å²) < 4.78 is 0. The number of hydrogen-bond acceptors (Lipinski definition) is 2. The Balaban J connectivity index is 2.10. The molecule has 1 aromatic rings. The van der Waals surface area contributed by atoms with E-state index in [1.807, 2.05) is 19.1 Å². The molecule has 0 saturated carbocycles. The predicted molar refractivity (Wildman–Crippen MR) is 84.2 cm³/mol. The van der Waals surface area contributed by atoms with Gasteiger partial charge in [0, 0.05) is 18.2 Å². The van der Waals surface area contributed by atoms with Gasteiger partial charge in [-0.1, -0.05) is 37.6 Å². The molecule has 0 bridgehead atoms. The molecule has 2 rings (SSSR count). The summed E-state index contributed by atoms with van der Waals surface area (Å²) in [5.41, 5.74) is 3.20. The zero-order valence-electron chi connectivity index (χ0n) is 13.4. The number of likely N-dealkylation sites (tertiary alicyclic amines) is 1. The molecule has 0 amide bonds. The minimum atomic E-state index is 0.260. The summed E-state index contributed by atoms with van der Waals surface area (Å²) in [6.45, 7) is 12.5. The van der Waals surface area contributed by atoms with Gasteiger partial charge in [0.1, 0.15) is 0 Å². The summed E-state index contributed by atoms with van der Waals surface area (Å²) in [5, 5.41) is 0. The first-order valence-corrected chi connectivity index (χ1v) is 7.73. The molecular weight excluding hydrogens is 246 g/mol. The molecule has 1 aliphatic rings. The number of nitrogens with zero attached hydrogens (tertiary/aromatic N) is 1. The third kappa shape index (κ3) is 3.29.